The van der Waals surface area contributed by atoms with Gasteiger partial charge in [0.1, 0.15) is 35.9 Å². The van der Waals surface area contributed by atoms with Gasteiger partial charge in [0, 0.05) is 19.0 Å². The number of anilines is 1. The summed E-state index contributed by atoms with van der Waals surface area (Å²) in [4.78, 5) is 36.9. The molecule has 196 valence electrons. The van der Waals surface area contributed by atoms with Crippen molar-refractivity contribution in [3.63, 3.8) is 0 Å². The first-order valence-electron chi connectivity index (χ1n) is 12.1. The summed E-state index contributed by atoms with van der Waals surface area (Å²) in [6.45, 7) is 5.23. The number of nitrogens with two attached hydrogens (primary N) is 1. The van der Waals surface area contributed by atoms with Gasteiger partial charge in [0.25, 0.3) is 5.91 Å². The minimum atomic E-state index is -0.826. The Morgan fingerprint density at radius 1 is 1.08 bits per heavy atom. The maximum absolute atomic E-state index is 13.0. The molecule has 2 saturated heterocycles. The molecule has 0 saturated carbocycles. The maximum Gasteiger partial charge on any atom is 0.308 e. The molecule has 4 atom stereocenters. The van der Waals surface area contributed by atoms with E-state index in [-0.39, 0.29) is 18.3 Å². The van der Waals surface area contributed by atoms with Crippen LogP contribution in [-0.4, -0.2) is 62.0 Å². The average molecular weight is 519 g/mol. The molecular weight excluding hydrogens is 492 g/mol. The zero-order chi connectivity index (χ0) is 26.6. The second kappa shape index (κ2) is 9.01. The van der Waals surface area contributed by atoms with Crippen LogP contribution in [0.3, 0.4) is 0 Å². The molecule has 0 aliphatic carbocycles. The number of nitrogens with zero attached hydrogens (tertiary/aromatic N) is 4. The molecule has 4 aromatic rings. The Hall–Kier alpha value is -4.13. The fourth-order valence-electron chi connectivity index (χ4n) is 4.99. The third kappa shape index (κ3) is 4.32. The number of esters is 1. The van der Waals surface area contributed by atoms with Gasteiger partial charge in [-0.05, 0) is 48.9 Å². The third-order valence-electron chi connectivity index (χ3n) is 6.59. The van der Waals surface area contributed by atoms with Crippen molar-refractivity contribution in [3.05, 3.63) is 54.6 Å². The van der Waals surface area contributed by atoms with Crippen molar-refractivity contribution in [2.45, 2.75) is 51.1 Å². The summed E-state index contributed by atoms with van der Waals surface area (Å²) < 4.78 is 25.6. The van der Waals surface area contributed by atoms with E-state index in [2.05, 4.69) is 20.3 Å². The Kier molecular flexibility index (Phi) is 5.74. The summed E-state index contributed by atoms with van der Waals surface area (Å²) in [7, 11) is 0. The molecule has 3 N–H and O–H groups in total. The topological polar surface area (TPSA) is 153 Å². The summed E-state index contributed by atoms with van der Waals surface area (Å²) in [5.74, 6) is -0.753. The molecule has 6 rings (SSSR count). The van der Waals surface area contributed by atoms with Crippen molar-refractivity contribution in [3.8, 4) is 5.75 Å². The van der Waals surface area contributed by atoms with Crippen LogP contribution in [0.5, 0.6) is 5.75 Å². The summed E-state index contributed by atoms with van der Waals surface area (Å²) in [5, 5.41) is 4.64. The lowest BCUT2D eigenvalue weighted by Crippen LogP contribution is -2.39. The minimum absolute atomic E-state index is 0.198. The summed E-state index contributed by atoms with van der Waals surface area (Å²) in [6.07, 6.45) is 1.01. The predicted molar refractivity (Wildman–Crippen MR) is 135 cm³/mol. The molecule has 12 nitrogen and oxygen atoms in total. The molecule has 2 fully saturated rings. The molecule has 2 aromatic carbocycles. The van der Waals surface area contributed by atoms with Crippen molar-refractivity contribution in [1.29, 1.82) is 0 Å². The minimum Gasteiger partial charge on any atom is -0.427 e. The number of imidazole rings is 1. The number of hydrogen-bond donors (Lipinski definition) is 2. The Morgan fingerprint density at radius 2 is 1.84 bits per heavy atom. The van der Waals surface area contributed by atoms with E-state index in [1.807, 2.05) is 19.9 Å². The van der Waals surface area contributed by atoms with Crippen LogP contribution >= 0.6 is 0 Å². The Morgan fingerprint density at radius 3 is 2.66 bits per heavy atom. The standard InChI is InChI=1S/C26H26N6O6/c1-13(33)35-17-7-6-14-8-16(5-4-15(14)9-17)24(34)28-10-18-20-21(38-26(2,3)37-20)25(36-18)32-12-31-19-22(27)29-11-30-23(19)32/h4-9,11-12,18,20-21,25H,10H2,1-3H3,(H,28,34)(H2,27,29,30)/t18-,20-,21-,25-/m1/s1. The zero-order valence-electron chi connectivity index (χ0n) is 21.0. The second-order valence-electron chi connectivity index (χ2n) is 9.74. The molecule has 2 aromatic heterocycles. The van der Waals surface area contributed by atoms with Crippen LogP contribution in [-0.2, 0) is 19.0 Å². The van der Waals surface area contributed by atoms with E-state index in [0.29, 0.717) is 22.5 Å². The summed E-state index contributed by atoms with van der Waals surface area (Å²) in [5.41, 5.74) is 7.43. The van der Waals surface area contributed by atoms with Gasteiger partial charge in [0.15, 0.2) is 23.5 Å². The van der Waals surface area contributed by atoms with E-state index < -0.39 is 36.3 Å². The number of ether oxygens (including phenoxy) is 4. The summed E-state index contributed by atoms with van der Waals surface area (Å²) >= 11 is 0. The van der Waals surface area contributed by atoms with Crippen molar-refractivity contribution in [2.24, 2.45) is 0 Å². The van der Waals surface area contributed by atoms with Gasteiger partial charge in [-0.1, -0.05) is 12.1 Å². The Balaban J connectivity index is 1.20. The van der Waals surface area contributed by atoms with Gasteiger partial charge in [0.05, 0.1) is 6.33 Å². The molecule has 12 heteroatoms. The SMILES string of the molecule is CC(=O)Oc1ccc2cc(C(=O)NC[C@H]3O[C@@H](n4cnc5c(N)ncnc54)[C@@H]4OC(C)(C)O[C@@H]43)ccc2c1. The molecule has 0 bridgehead atoms. The van der Waals surface area contributed by atoms with Crippen molar-refractivity contribution >= 4 is 39.6 Å². The van der Waals surface area contributed by atoms with E-state index >= 15 is 0 Å². The average Bonchev–Trinajstić information content (AvgIpc) is 3.53. The predicted octanol–water partition coefficient (Wildman–Crippen LogP) is 2.33. The lowest BCUT2D eigenvalue weighted by Gasteiger charge is -2.25. The number of nitrogen functional groups attached to an aromatic ring is 1. The summed E-state index contributed by atoms with van der Waals surface area (Å²) in [6, 6.07) is 10.6. The molecule has 4 heterocycles. The number of benzene rings is 2. The molecule has 0 spiro atoms. The highest BCUT2D eigenvalue weighted by Gasteiger charge is 2.56. The Bertz CT molecular complexity index is 1570. The number of amides is 1. The monoisotopic (exact) mass is 518 g/mol. The van der Waals surface area contributed by atoms with E-state index in [0.717, 1.165) is 10.8 Å². The lowest BCUT2D eigenvalue weighted by molar-refractivity contribution is -0.195. The van der Waals surface area contributed by atoms with Gasteiger partial charge in [-0.15, -0.1) is 0 Å². The first-order valence-corrected chi connectivity index (χ1v) is 12.1. The first-order chi connectivity index (χ1) is 18.2. The zero-order valence-corrected chi connectivity index (χ0v) is 21.0. The van der Waals surface area contributed by atoms with E-state index in [1.165, 1.54) is 13.3 Å². The lowest BCUT2D eigenvalue weighted by atomic mass is 10.1. The smallest absolute Gasteiger partial charge is 0.308 e. The fourth-order valence-corrected chi connectivity index (χ4v) is 4.99. The largest absolute Gasteiger partial charge is 0.427 e. The molecule has 0 unspecified atom stereocenters. The number of fused-ring (bicyclic) bond motifs is 3. The van der Waals surface area contributed by atoms with Crippen LogP contribution in [0.1, 0.15) is 37.4 Å². The van der Waals surface area contributed by atoms with Crippen LogP contribution in [0.2, 0.25) is 0 Å². The van der Waals surface area contributed by atoms with Gasteiger partial charge < -0.3 is 30.0 Å². The van der Waals surface area contributed by atoms with E-state index in [4.69, 9.17) is 24.7 Å². The number of hydrogen-bond acceptors (Lipinski definition) is 10. The van der Waals surface area contributed by atoms with Crippen molar-refractivity contribution in [1.82, 2.24) is 24.8 Å². The van der Waals surface area contributed by atoms with Gasteiger partial charge in [-0.25, -0.2) is 15.0 Å². The van der Waals surface area contributed by atoms with Crippen LogP contribution in [0.15, 0.2) is 49.1 Å². The fraction of sp³-hybridized carbons (Fsp3) is 0.346. The highest BCUT2D eigenvalue weighted by molar-refractivity contribution is 5.99. The van der Waals surface area contributed by atoms with E-state index in [1.54, 1.807) is 41.2 Å². The van der Waals surface area contributed by atoms with Crippen LogP contribution < -0.4 is 15.8 Å². The number of aromatic nitrogens is 4. The van der Waals surface area contributed by atoms with Gasteiger partial charge >= 0.3 is 5.97 Å². The molecule has 2 aliphatic heterocycles. The molecule has 38 heavy (non-hydrogen) atoms. The first kappa shape index (κ1) is 24.2. The number of nitrogens with one attached hydrogen (secondary N) is 1. The van der Waals surface area contributed by atoms with Crippen LogP contribution in [0.4, 0.5) is 5.82 Å². The third-order valence-corrected chi connectivity index (χ3v) is 6.59. The quantitative estimate of drug-likeness (QED) is 0.297. The van der Waals surface area contributed by atoms with E-state index in [9.17, 15) is 9.59 Å². The molecule has 1 amide bonds. The van der Waals surface area contributed by atoms with Gasteiger partial charge in [-0.2, -0.15) is 0 Å². The molecule has 0 radical (unpaired) electrons. The highest BCUT2D eigenvalue weighted by Crippen LogP contribution is 2.43. The van der Waals surface area contributed by atoms with Crippen LogP contribution in [0.25, 0.3) is 21.9 Å². The molecular formula is C26H26N6O6. The van der Waals surface area contributed by atoms with Gasteiger partial charge in [0.2, 0.25) is 0 Å². The normalized spacial score (nSPS) is 24.0. The Labute approximate surface area is 217 Å². The van der Waals surface area contributed by atoms with Crippen LogP contribution in [0, 0.1) is 0 Å². The van der Waals surface area contributed by atoms with Crippen molar-refractivity contribution < 1.29 is 28.5 Å². The highest BCUT2D eigenvalue weighted by atomic mass is 16.8. The second-order valence-corrected chi connectivity index (χ2v) is 9.74. The molecule has 2 aliphatic rings. The number of rotatable bonds is 5. The number of carbonyl (C=O) groups excluding carboxylic acids is 2. The number of carbonyl (C=O) groups is 2. The maximum atomic E-state index is 13.0. The van der Waals surface area contributed by atoms with Gasteiger partial charge in [-0.3, -0.25) is 14.2 Å². The van der Waals surface area contributed by atoms with Crippen molar-refractivity contribution in [2.75, 3.05) is 12.3 Å².